The Kier molecular flexibility index (Phi) is 6.09. The summed E-state index contributed by atoms with van der Waals surface area (Å²) in [6.07, 6.45) is -3.35. The lowest BCUT2D eigenvalue weighted by molar-refractivity contribution is -0.274. The number of hydrogen-bond acceptors (Lipinski definition) is 5. The van der Waals surface area contributed by atoms with Crippen LogP contribution in [0.5, 0.6) is 5.75 Å². The van der Waals surface area contributed by atoms with Crippen molar-refractivity contribution < 1.29 is 22.7 Å². The first kappa shape index (κ1) is 21.0. The summed E-state index contributed by atoms with van der Waals surface area (Å²) in [5.74, 6) is -0.732. The SMILES string of the molecule is [N-]=[N+]=NC(=O)c1ccc(NCc2ncn(-c3ccc(OC(F)(F)F)cc3)n2)cc1Cl. The highest BCUT2D eigenvalue weighted by Gasteiger charge is 2.31. The summed E-state index contributed by atoms with van der Waals surface area (Å²) in [5.41, 5.74) is 9.45. The van der Waals surface area contributed by atoms with E-state index in [4.69, 9.17) is 17.1 Å². The molecule has 0 bridgehead atoms. The van der Waals surface area contributed by atoms with Crippen molar-refractivity contribution in [1.82, 2.24) is 14.8 Å². The van der Waals surface area contributed by atoms with E-state index >= 15 is 0 Å². The highest BCUT2D eigenvalue weighted by Crippen LogP contribution is 2.24. The maximum atomic E-state index is 12.2. The van der Waals surface area contributed by atoms with Gasteiger partial charge in [0.2, 0.25) is 0 Å². The van der Waals surface area contributed by atoms with Crippen LogP contribution >= 0.6 is 11.6 Å². The van der Waals surface area contributed by atoms with E-state index in [1.807, 2.05) is 0 Å². The van der Waals surface area contributed by atoms with Gasteiger partial charge in [-0.1, -0.05) is 11.6 Å². The Balaban J connectivity index is 1.64. The molecule has 0 spiro atoms. The summed E-state index contributed by atoms with van der Waals surface area (Å²) in [5, 5.41) is 10.3. The molecule has 9 nitrogen and oxygen atoms in total. The van der Waals surface area contributed by atoms with Crippen molar-refractivity contribution in [1.29, 1.82) is 0 Å². The monoisotopic (exact) mass is 437 g/mol. The molecule has 0 aliphatic heterocycles. The molecule has 0 atom stereocenters. The minimum absolute atomic E-state index is 0.0698. The minimum Gasteiger partial charge on any atom is -0.406 e. The summed E-state index contributed by atoms with van der Waals surface area (Å²) in [6, 6.07) is 9.63. The predicted molar refractivity (Wildman–Crippen MR) is 100 cm³/mol. The highest BCUT2D eigenvalue weighted by atomic mass is 35.5. The van der Waals surface area contributed by atoms with Crippen LogP contribution in [-0.2, 0) is 6.54 Å². The molecule has 0 aliphatic carbocycles. The van der Waals surface area contributed by atoms with Gasteiger partial charge in [-0.05, 0) is 53.1 Å². The summed E-state index contributed by atoms with van der Waals surface area (Å²) in [4.78, 5) is 18.1. The average molecular weight is 438 g/mol. The molecule has 0 radical (unpaired) electrons. The van der Waals surface area contributed by atoms with Gasteiger partial charge >= 0.3 is 6.36 Å². The molecule has 2 aromatic carbocycles. The molecule has 13 heteroatoms. The van der Waals surface area contributed by atoms with Crippen molar-refractivity contribution in [2.24, 2.45) is 5.11 Å². The van der Waals surface area contributed by atoms with Crippen LogP contribution in [0.3, 0.4) is 0 Å². The Morgan fingerprint density at radius 2 is 2.00 bits per heavy atom. The number of hydrogen-bond donors (Lipinski definition) is 1. The van der Waals surface area contributed by atoms with Gasteiger partial charge in [0.15, 0.2) is 5.82 Å². The predicted octanol–water partition coefficient (Wildman–Crippen LogP) is 4.88. The standard InChI is InChI=1S/C17H11ClF3N7O2/c18-14-7-10(1-6-13(14)16(29)25-27-22)23-8-15-24-9-28(26-15)11-2-4-12(5-3-11)30-17(19,20)21/h1-7,9,23H,8H2. The number of nitrogens with one attached hydrogen (secondary N) is 1. The number of halogens is 4. The summed E-state index contributed by atoms with van der Waals surface area (Å²) < 4.78 is 41.9. The third kappa shape index (κ3) is 5.40. The normalized spacial score (nSPS) is 10.9. The number of aromatic nitrogens is 3. The summed E-state index contributed by atoms with van der Waals surface area (Å²) >= 11 is 6.02. The van der Waals surface area contributed by atoms with Gasteiger partial charge < -0.3 is 10.1 Å². The van der Waals surface area contributed by atoms with Gasteiger partial charge in [-0.15, -0.1) is 18.3 Å². The zero-order valence-corrected chi connectivity index (χ0v) is 15.6. The molecule has 3 rings (SSSR count). The van der Waals surface area contributed by atoms with E-state index in [0.29, 0.717) is 17.2 Å². The number of benzene rings is 2. The van der Waals surface area contributed by atoms with Crippen LogP contribution in [0, 0.1) is 0 Å². The Labute approximate surface area is 171 Å². The Bertz CT molecular complexity index is 1110. The Morgan fingerprint density at radius 3 is 2.63 bits per heavy atom. The van der Waals surface area contributed by atoms with Crippen molar-refractivity contribution in [2.45, 2.75) is 12.9 Å². The van der Waals surface area contributed by atoms with Crippen molar-refractivity contribution in [3.8, 4) is 11.4 Å². The van der Waals surface area contributed by atoms with Gasteiger partial charge in [0.1, 0.15) is 12.1 Å². The van der Waals surface area contributed by atoms with Crippen LogP contribution in [0.15, 0.2) is 53.9 Å². The maximum Gasteiger partial charge on any atom is 0.573 e. The quantitative estimate of drug-likeness (QED) is 0.335. The largest absolute Gasteiger partial charge is 0.573 e. The van der Waals surface area contributed by atoms with Gasteiger partial charge in [0, 0.05) is 16.2 Å². The molecule has 0 unspecified atom stereocenters. The van der Waals surface area contributed by atoms with E-state index in [2.05, 4.69) is 30.2 Å². The summed E-state index contributed by atoms with van der Waals surface area (Å²) in [6.45, 7) is 0.211. The number of alkyl halides is 3. The van der Waals surface area contributed by atoms with Crippen molar-refractivity contribution in [3.05, 3.63) is 75.6 Å². The topological polar surface area (TPSA) is 118 Å². The van der Waals surface area contributed by atoms with E-state index in [9.17, 15) is 18.0 Å². The van der Waals surface area contributed by atoms with Gasteiger partial charge in [0.25, 0.3) is 5.91 Å². The van der Waals surface area contributed by atoms with E-state index in [1.54, 1.807) is 6.07 Å². The van der Waals surface area contributed by atoms with Crippen LogP contribution in [-0.4, -0.2) is 27.0 Å². The maximum absolute atomic E-state index is 12.2. The lowest BCUT2D eigenvalue weighted by atomic mass is 10.2. The summed E-state index contributed by atoms with van der Waals surface area (Å²) in [7, 11) is 0. The molecule has 0 fully saturated rings. The van der Waals surface area contributed by atoms with E-state index in [0.717, 1.165) is 0 Å². The van der Waals surface area contributed by atoms with Crippen LogP contribution in [0.2, 0.25) is 5.02 Å². The van der Waals surface area contributed by atoms with Crippen LogP contribution in [0.25, 0.3) is 16.1 Å². The molecular formula is C17H11ClF3N7O2. The fraction of sp³-hybridized carbons (Fsp3) is 0.118. The van der Waals surface area contributed by atoms with Gasteiger partial charge in [0.05, 0.1) is 17.3 Å². The molecule has 0 saturated carbocycles. The number of carbonyl (C=O) groups is 1. The fourth-order valence-electron chi connectivity index (χ4n) is 2.38. The van der Waals surface area contributed by atoms with Crippen LogP contribution < -0.4 is 10.1 Å². The Morgan fingerprint density at radius 1 is 1.27 bits per heavy atom. The van der Waals surface area contributed by atoms with Gasteiger partial charge in [-0.25, -0.2) is 9.67 Å². The molecular weight excluding hydrogens is 427 g/mol. The van der Waals surface area contributed by atoms with Crippen LogP contribution in [0.4, 0.5) is 18.9 Å². The number of anilines is 1. The van der Waals surface area contributed by atoms with Gasteiger partial charge in [-0.3, -0.25) is 4.79 Å². The highest BCUT2D eigenvalue weighted by molar-refractivity contribution is 6.34. The first-order valence-electron chi connectivity index (χ1n) is 8.15. The Hall–Kier alpha value is -3.76. The lowest BCUT2D eigenvalue weighted by Crippen LogP contribution is -2.17. The molecule has 0 aliphatic rings. The number of amides is 1. The van der Waals surface area contributed by atoms with E-state index in [1.165, 1.54) is 47.4 Å². The van der Waals surface area contributed by atoms with Crippen molar-refractivity contribution in [3.63, 3.8) is 0 Å². The van der Waals surface area contributed by atoms with Crippen molar-refractivity contribution in [2.75, 3.05) is 5.32 Å². The average Bonchev–Trinajstić information content (AvgIpc) is 3.15. The molecule has 1 aromatic heterocycles. The molecule has 1 heterocycles. The minimum atomic E-state index is -4.76. The molecule has 1 amide bonds. The number of ether oxygens (including phenoxy) is 1. The van der Waals surface area contributed by atoms with Crippen LogP contribution in [0.1, 0.15) is 16.2 Å². The second-order valence-electron chi connectivity index (χ2n) is 5.69. The molecule has 0 saturated heterocycles. The van der Waals surface area contributed by atoms with Gasteiger partial charge in [-0.2, -0.15) is 0 Å². The molecule has 30 heavy (non-hydrogen) atoms. The molecule has 1 N–H and O–H groups in total. The van der Waals surface area contributed by atoms with E-state index < -0.39 is 12.3 Å². The smallest absolute Gasteiger partial charge is 0.406 e. The number of carbonyl (C=O) groups excluding carboxylic acids is 1. The fourth-order valence-corrected chi connectivity index (χ4v) is 2.64. The number of azide groups is 1. The second-order valence-corrected chi connectivity index (χ2v) is 6.10. The first-order chi connectivity index (χ1) is 14.2. The van der Waals surface area contributed by atoms with Crippen molar-refractivity contribution >= 4 is 23.2 Å². The lowest BCUT2D eigenvalue weighted by Gasteiger charge is -2.09. The zero-order chi connectivity index (χ0) is 21.7. The molecule has 3 aromatic rings. The third-order valence-corrected chi connectivity index (χ3v) is 3.97. The number of rotatable bonds is 6. The first-order valence-corrected chi connectivity index (χ1v) is 8.52. The third-order valence-electron chi connectivity index (χ3n) is 3.66. The van der Waals surface area contributed by atoms with E-state index in [-0.39, 0.29) is 22.9 Å². The second kappa shape index (κ2) is 8.72. The zero-order valence-electron chi connectivity index (χ0n) is 14.8. The number of nitrogens with zero attached hydrogens (tertiary/aromatic N) is 6. The molecule has 154 valence electrons.